The molecule has 14 heteroatoms. The van der Waals surface area contributed by atoms with E-state index in [1.165, 1.54) is 28.6 Å². The highest BCUT2D eigenvalue weighted by atomic mass is 35.5. The first-order chi connectivity index (χ1) is 29.8. The van der Waals surface area contributed by atoms with Gasteiger partial charge < -0.3 is 33.7 Å². The Labute approximate surface area is 369 Å². The Bertz CT molecular complexity index is 2280. The van der Waals surface area contributed by atoms with Gasteiger partial charge in [-0.2, -0.15) is 4.31 Å². The maximum absolute atomic E-state index is 16.1. The SMILES string of the molecule is COC(=O)c1ccc2c(c1)N(C[C@@H]1CCO[C@H]1C(O)/C(F)=C/C[C@H](C)CS(=O)(=O)N(Cc1ccc(OC)cc1)Cc1ccc(OC)cc1)C[C@@]1(CCCc3cc(Cl)ccc31)CO2. The van der Waals surface area contributed by atoms with Crippen LogP contribution in [0.5, 0.6) is 17.2 Å². The van der Waals surface area contributed by atoms with Crippen molar-refractivity contribution in [2.45, 2.75) is 69.7 Å². The van der Waals surface area contributed by atoms with Crippen molar-refractivity contribution in [2.24, 2.45) is 11.8 Å². The van der Waals surface area contributed by atoms with Gasteiger partial charge in [0, 0.05) is 49.1 Å². The number of esters is 1. The van der Waals surface area contributed by atoms with E-state index in [9.17, 15) is 18.3 Å². The lowest BCUT2D eigenvalue weighted by Crippen LogP contribution is -2.48. The molecule has 5 atom stereocenters. The number of allylic oxidation sites excluding steroid dienone is 1. The summed E-state index contributed by atoms with van der Waals surface area (Å²) in [5.74, 6) is -0.285. The number of methoxy groups -OCH3 is 3. The van der Waals surface area contributed by atoms with Gasteiger partial charge in [-0.1, -0.05) is 48.9 Å². The molecule has 7 rings (SSSR count). The Kier molecular flexibility index (Phi) is 14.5. The Balaban J connectivity index is 1.07. The van der Waals surface area contributed by atoms with Crippen LogP contribution in [-0.4, -0.2) is 89.4 Å². The summed E-state index contributed by atoms with van der Waals surface area (Å²) in [6.07, 6.45) is 2.24. The lowest BCUT2D eigenvalue weighted by Gasteiger charge is -2.41. The van der Waals surface area contributed by atoms with Crippen molar-refractivity contribution in [3.63, 3.8) is 0 Å². The fourth-order valence-corrected chi connectivity index (χ4v) is 11.0. The Morgan fingerprint density at radius 3 is 2.32 bits per heavy atom. The summed E-state index contributed by atoms with van der Waals surface area (Å²) in [7, 11) is 0.640. The predicted molar refractivity (Wildman–Crippen MR) is 237 cm³/mol. The molecule has 0 bridgehead atoms. The van der Waals surface area contributed by atoms with Crippen LogP contribution in [0.2, 0.25) is 5.02 Å². The van der Waals surface area contributed by atoms with E-state index in [-0.39, 0.29) is 31.2 Å². The van der Waals surface area contributed by atoms with Crippen molar-refractivity contribution < 1.29 is 46.4 Å². The van der Waals surface area contributed by atoms with Crippen molar-refractivity contribution in [3.05, 3.63) is 130 Å². The zero-order chi connectivity index (χ0) is 44.0. The van der Waals surface area contributed by atoms with Crippen molar-refractivity contribution in [3.8, 4) is 17.2 Å². The number of halogens is 2. The maximum Gasteiger partial charge on any atom is 0.337 e. The second-order valence-corrected chi connectivity index (χ2v) is 19.2. The van der Waals surface area contributed by atoms with Gasteiger partial charge in [0.25, 0.3) is 0 Å². The zero-order valence-electron chi connectivity index (χ0n) is 35.7. The van der Waals surface area contributed by atoms with Gasteiger partial charge in [-0.25, -0.2) is 17.6 Å². The van der Waals surface area contributed by atoms with Crippen LogP contribution >= 0.6 is 11.6 Å². The molecule has 1 fully saturated rings. The summed E-state index contributed by atoms with van der Waals surface area (Å²) in [6.45, 7) is 3.73. The molecule has 0 aromatic heterocycles. The summed E-state index contributed by atoms with van der Waals surface area (Å²) in [4.78, 5) is 14.9. The largest absolute Gasteiger partial charge is 0.497 e. The molecule has 3 aliphatic rings. The molecule has 0 radical (unpaired) electrons. The zero-order valence-corrected chi connectivity index (χ0v) is 37.3. The van der Waals surface area contributed by atoms with Gasteiger partial charge in [0.05, 0.1) is 51.0 Å². The van der Waals surface area contributed by atoms with E-state index in [1.54, 1.807) is 63.6 Å². The minimum atomic E-state index is -3.85. The molecule has 1 saturated heterocycles. The number of carbonyl (C=O) groups is 1. The molecule has 1 unspecified atom stereocenters. The molecule has 4 aromatic rings. The average molecular weight is 891 g/mol. The van der Waals surface area contributed by atoms with Crippen molar-refractivity contribution in [2.75, 3.05) is 58.3 Å². The molecule has 0 amide bonds. The highest BCUT2D eigenvalue weighted by Gasteiger charge is 2.44. The molecule has 2 heterocycles. The van der Waals surface area contributed by atoms with Gasteiger partial charge in [0.1, 0.15) is 29.2 Å². The smallest absolute Gasteiger partial charge is 0.337 e. The van der Waals surface area contributed by atoms with Gasteiger partial charge in [-0.05, 0) is 121 Å². The van der Waals surface area contributed by atoms with E-state index < -0.39 is 45.4 Å². The lowest BCUT2D eigenvalue weighted by molar-refractivity contribution is -0.00973. The van der Waals surface area contributed by atoms with Crippen LogP contribution in [0, 0.1) is 11.8 Å². The van der Waals surface area contributed by atoms with Crippen LogP contribution in [0.25, 0.3) is 0 Å². The molecule has 62 heavy (non-hydrogen) atoms. The number of aliphatic hydroxyl groups is 1. The van der Waals surface area contributed by atoms with Gasteiger partial charge >= 0.3 is 5.97 Å². The third kappa shape index (κ3) is 10.4. The predicted octanol–water partition coefficient (Wildman–Crippen LogP) is 8.29. The van der Waals surface area contributed by atoms with Gasteiger partial charge in [-0.3, -0.25) is 0 Å². The second-order valence-electron chi connectivity index (χ2n) is 16.8. The first kappa shape index (κ1) is 45.4. The molecule has 0 saturated carbocycles. The fraction of sp³-hybridized carbons (Fsp3) is 0.438. The summed E-state index contributed by atoms with van der Waals surface area (Å²) < 4.78 is 73.8. The number of fused-ring (bicyclic) bond motifs is 3. The van der Waals surface area contributed by atoms with E-state index >= 15 is 4.39 Å². The standard InChI is InChI=1S/C48H56ClFN2O9S/c1-32(29-62(55,56)52(26-33-8-14-39(57-2)15-9-33)27-34-10-16-40(58-3)17-11-34)7-19-42(50)45(53)46-37(21-23-60-46)28-51-30-48(22-5-6-35-24-38(49)13-18-41(35)48)31-61-44-20-12-36(25-43(44)51)47(54)59-4/h8-20,24-25,32,37,45-46,53H,5-7,21-23,26-31H2,1-4H3/b42-19-/t32-,37-,45?,46+,48-/m0/s1. The van der Waals surface area contributed by atoms with Crippen molar-refractivity contribution in [1.82, 2.24) is 4.31 Å². The second kappa shape index (κ2) is 19.8. The van der Waals surface area contributed by atoms with Crippen LogP contribution in [0.1, 0.15) is 65.2 Å². The normalized spacial score (nSPS) is 21.1. The fourth-order valence-electron chi connectivity index (χ4n) is 9.09. The molecule has 1 aliphatic carbocycles. The number of rotatable bonds is 16. The van der Waals surface area contributed by atoms with Crippen molar-refractivity contribution >= 4 is 33.3 Å². The number of aliphatic hydroxyl groups excluding tert-OH is 1. The third-order valence-electron chi connectivity index (χ3n) is 12.4. The number of sulfonamides is 1. The first-order valence-electron chi connectivity index (χ1n) is 21.1. The van der Waals surface area contributed by atoms with Crippen LogP contribution in [0.15, 0.2) is 96.8 Å². The Morgan fingerprint density at radius 1 is 1.00 bits per heavy atom. The Hall–Kier alpha value is -4.66. The monoisotopic (exact) mass is 890 g/mol. The molecule has 1 N–H and O–H groups in total. The summed E-state index contributed by atoms with van der Waals surface area (Å²) >= 11 is 6.44. The van der Waals surface area contributed by atoms with Gasteiger partial charge in [0.15, 0.2) is 0 Å². The molecule has 2 aliphatic heterocycles. The topological polar surface area (TPSA) is 124 Å². The van der Waals surface area contributed by atoms with E-state index in [1.807, 2.05) is 36.4 Å². The quantitative estimate of drug-likeness (QED) is 0.110. The summed E-state index contributed by atoms with van der Waals surface area (Å²) in [5, 5.41) is 12.2. The molecular weight excluding hydrogens is 835 g/mol. The number of carbonyl (C=O) groups excluding carboxylic acids is 1. The van der Waals surface area contributed by atoms with E-state index in [2.05, 4.69) is 11.0 Å². The van der Waals surface area contributed by atoms with Crippen LogP contribution < -0.4 is 19.1 Å². The summed E-state index contributed by atoms with van der Waals surface area (Å²) in [6, 6.07) is 25.8. The highest BCUT2D eigenvalue weighted by Crippen LogP contribution is 2.45. The molecule has 4 aromatic carbocycles. The lowest BCUT2D eigenvalue weighted by atomic mass is 9.70. The van der Waals surface area contributed by atoms with Crippen LogP contribution in [-0.2, 0) is 44.4 Å². The van der Waals surface area contributed by atoms with E-state index in [0.717, 1.165) is 30.4 Å². The van der Waals surface area contributed by atoms with Crippen LogP contribution in [0.3, 0.4) is 0 Å². The van der Waals surface area contributed by atoms with Gasteiger partial charge in [-0.15, -0.1) is 0 Å². The molecule has 11 nitrogen and oxygen atoms in total. The minimum absolute atomic E-state index is 0.0809. The van der Waals surface area contributed by atoms with Gasteiger partial charge in [0.2, 0.25) is 10.0 Å². The number of hydrogen-bond donors (Lipinski definition) is 1. The third-order valence-corrected chi connectivity index (χ3v) is 14.7. The number of benzene rings is 4. The van der Waals surface area contributed by atoms with E-state index in [0.29, 0.717) is 66.2 Å². The van der Waals surface area contributed by atoms with Crippen LogP contribution in [0.4, 0.5) is 10.1 Å². The minimum Gasteiger partial charge on any atom is -0.497 e. The Morgan fingerprint density at radius 2 is 1.68 bits per heavy atom. The maximum atomic E-state index is 16.1. The van der Waals surface area contributed by atoms with Crippen molar-refractivity contribution in [1.29, 1.82) is 0 Å². The average Bonchev–Trinajstić information content (AvgIpc) is 3.68. The number of ether oxygens (including phenoxy) is 5. The number of anilines is 1. The highest BCUT2D eigenvalue weighted by molar-refractivity contribution is 7.89. The number of hydrogen-bond acceptors (Lipinski definition) is 10. The van der Waals surface area contributed by atoms with E-state index in [4.69, 9.17) is 35.3 Å². The number of aryl methyl sites for hydroxylation is 1. The molecule has 1 spiro atoms. The molecular formula is C48H56ClFN2O9S. The summed E-state index contributed by atoms with van der Waals surface area (Å²) in [5.41, 5.74) is 4.64. The first-order valence-corrected chi connectivity index (χ1v) is 23.1. The molecule has 332 valence electrons. The number of nitrogens with zero attached hydrogens (tertiary/aromatic N) is 2.